The minimum Gasteiger partial charge on any atom is -0.459 e. The van der Waals surface area contributed by atoms with Crippen LogP contribution in [-0.4, -0.2) is 18.4 Å². The van der Waals surface area contributed by atoms with E-state index in [1.54, 1.807) is 19.1 Å². The molecule has 0 amide bonds. The van der Waals surface area contributed by atoms with Gasteiger partial charge in [-0.3, -0.25) is 4.79 Å². The highest BCUT2D eigenvalue weighted by Crippen LogP contribution is 2.11. The van der Waals surface area contributed by atoms with Crippen LogP contribution < -0.4 is 0 Å². The summed E-state index contributed by atoms with van der Waals surface area (Å²) >= 11 is 0. The Bertz CT molecular complexity index is 421. The molecular formula is C14H16O3. The quantitative estimate of drug-likeness (QED) is 0.445. The van der Waals surface area contributed by atoms with Gasteiger partial charge in [-0.05, 0) is 19.4 Å². The second-order valence-corrected chi connectivity index (χ2v) is 3.77. The van der Waals surface area contributed by atoms with Crippen molar-refractivity contribution in [2.24, 2.45) is 0 Å². The Labute approximate surface area is 101 Å². The molecular weight excluding hydrogens is 216 g/mol. The lowest BCUT2D eigenvalue weighted by atomic mass is 10.0. The van der Waals surface area contributed by atoms with Gasteiger partial charge in [-0.2, -0.15) is 0 Å². The first kappa shape index (κ1) is 13.2. The molecule has 1 aromatic carbocycles. The number of carbonyl (C=O) groups excluding carboxylic acids is 2. The standard InChI is InChI=1S/C14H16O3/c1-3-6-14(16)17-11(2)9-12-7-4-5-8-13(12)10-15/h3-8,10-11H,9H2,1-2H3/b6-3+. The molecule has 0 radical (unpaired) electrons. The highest BCUT2D eigenvalue weighted by atomic mass is 16.5. The Hall–Kier alpha value is -1.90. The maximum atomic E-state index is 11.2. The van der Waals surface area contributed by atoms with E-state index in [1.807, 2.05) is 25.1 Å². The minimum absolute atomic E-state index is 0.250. The van der Waals surface area contributed by atoms with Crippen LogP contribution in [0.3, 0.4) is 0 Å². The summed E-state index contributed by atoms with van der Waals surface area (Å²) in [6.07, 6.45) is 4.12. The van der Waals surface area contributed by atoms with Crippen molar-refractivity contribution >= 4 is 12.3 Å². The van der Waals surface area contributed by atoms with Crippen molar-refractivity contribution in [3.63, 3.8) is 0 Å². The number of allylic oxidation sites excluding steroid dienone is 1. The van der Waals surface area contributed by atoms with Crippen LogP contribution in [0.1, 0.15) is 29.8 Å². The molecule has 0 spiro atoms. The molecule has 0 N–H and O–H groups in total. The second kappa shape index (κ2) is 6.63. The van der Waals surface area contributed by atoms with Crippen LogP contribution in [0.25, 0.3) is 0 Å². The fourth-order valence-corrected chi connectivity index (χ4v) is 1.56. The zero-order valence-electron chi connectivity index (χ0n) is 10.1. The molecule has 0 saturated heterocycles. The van der Waals surface area contributed by atoms with Gasteiger partial charge >= 0.3 is 5.97 Å². The number of ether oxygens (including phenoxy) is 1. The summed E-state index contributed by atoms with van der Waals surface area (Å²) in [5.41, 5.74) is 1.53. The molecule has 17 heavy (non-hydrogen) atoms. The Kier molecular flexibility index (Phi) is 5.14. The summed E-state index contributed by atoms with van der Waals surface area (Å²) in [5.74, 6) is -0.358. The van der Waals surface area contributed by atoms with Crippen molar-refractivity contribution < 1.29 is 14.3 Å². The number of rotatable bonds is 5. The Morgan fingerprint density at radius 1 is 1.41 bits per heavy atom. The van der Waals surface area contributed by atoms with Crippen LogP contribution in [0.2, 0.25) is 0 Å². The van der Waals surface area contributed by atoms with Crippen molar-refractivity contribution in [3.8, 4) is 0 Å². The lowest BCUT2D eigenvalue weighted by molar-refractivity contribution is -0.142. The van der Waals surface area contributed by atoms with E-state index in [0.717, 1.165) is 11.8 Å². The molecule has 1 atom stereocenters. The molecule has 0 saturated carbocycles. The van der Waals surface area contributed by atoms with Crippen LogP contribution in [0, 0.1) is 0 Å². The number of hydrogen-bond donors (Lipinski definition) is 0. The molecule has 1 rings (SSSR count). The van der Waals surface area contributed by atoms with Gasteiger partial charge in [0, 0.05) is 18.1 Å². The fraction of sp³-hybridized carbons (Fsp3) is 0.286. The van der Waals surface area contributed by atoms with Crippen LogP contribution in [0.5, 0.6) is 0 Å². The third kappa shape index (κ3) is 4.23. The maximum absolute atomic E-state index is 11.2. The third-order valence-electron chi connectivity index (χ3n) is 2.31. The van der Waals surface area contributed by atoms with Gasteiger partial charge in [0.25, 0.3) is 0 Å². The number of aldehydes is 1. The maximum Gasteiger partial charge on any atom is 0.330 e. The highest BCUT2D eigenvalue weighted by Gasteiger charge is 2.10. The number of benzene rings is 1. The molecule has 0 heterocycles. The van der Waals surface area contributed by atoms with Crippen LogP contribution >= 0.6 is 0 Å². The molecule has 0 aliphatic carbocycles. The average molecular weight is 232 g/mol. The molecule has 0 aromatic heterocycles. The predicted molar refractivity (Wildman–Crippen MR) is 65.9 cm³/mol. The topological polar surface area (TPSA) is 43.4 Å². The summed E-state index contributed by atoms with van der Waals surface area (Å²) in [6.45, 7) is 3.57. The van der Waals surface area contributed by atoms with E-state index in [2.05, 4.69) is 0 Å². The van der Waals surface area contributed by atoms with Gasteiger partial charge in [0.1, 0.15) is 12.4 Å². The summed E-state index contributed by atoms with van der Waals surface area (Å²) in [7, 11) is 0. The van der Waals surface area contributed by atoms with Gasteiger partial charge in [-0.15, -0.1) is 0 Å². The van der Waals surface area contributed by atoms with Gasteiger partial charge in [0.05, 0.1) is 0 Å². The van der Waals surface area contributed by atoms with Crippen molar-refractivity contribution in [1.82, 2.24) is 0 Å². The third-order valence-corrected chi connectivity index (χ3v) is 2.31. The zero-order chi connectivity index (χ0) is 12.7. The molecule has 0 fully saturated rings. The molecule has 0 aliphatic heterocycles. The normalized spacial score (nSPS) is 12.4. The van der Waals surface area contributed by atoms with Gasteiger partial charge in [-0.25, -0.2) is 4.79 Å². The van der Waals surface area contributed by atoms with Crippen molar-refractivity contribution in [1.29, 1.82) is 0 Å². The fourth-order valence-electron chi connectivity index (χ4n) is 1.56. The van der Waals surface area contributed by atoms with E-state index in [9.17, 15) is 9.59 Å². The van der Waals surface area contributed by atoms with E-state index < -0.39 is 0 Å². The SMILES string of the molecule is C/C=C/C(=O)OC(C)Cc1ccccc1C=O. The second-order valence-electron chi connectivity index (χ2n) is 3.77. The van der Waals surface area contributed by atoms with E-state index in [1.165, 1.54) is 6.08 Å². The predicted octanol–water partition coefficient (Wildman–Crippen LogP) is 2.55. The highest BCUT2D eigenvalue weighted by molar-refractivity contribution is 5.82. The molecule has 1 aromatic rings. The smallest absolute Gasteiger partial charge is 0.330 e. The van der Waals surface area contributed by atoms with Crippen molar-refractivity contribution in [3.05, 3.63) is 47.5 Å². The Morgan fingerprint density at radius 3 is 2.76 bits per heavy atom. The van der Waals surface area contributed by atoms with E-state index in [0.29, 0.717) is 12.0 Å². The van der Waals surface area contributed by atoms with Crippen molar-refractivity contribution in [2.45, 2.75) is 26.4 Å². The molecule has 3 nitrogen and oxygen atoms in total. The first-order chi connectivity index (χ1) is 8.17. The van der Waals surface area contributed by atoms with Gasteiger partial charge in [0.2, 0.25) is 0 Å². The molecule has 90 valence electrons. The number of hydrogen-bond acceptors (Lipinski definition) is 3. The Balaban J connectivity index is 2.64. The minimum atomic E-state index is -0.358. The first-order valence-corrected chi connectivity index (χ1v) is 5.53. The largest absolute Gasteiger partial charge is 0.459 e. The number of esters is 1. The summed E-state index contributed by atoms with van der Waals surface area (Å²) in [5, 5.41) is 0. The molecule has 0 bridgehead atoms. The summed E-state index contributed by atoms with van der Waals surface area (Å²) in [4.78, 5) is 22.0. The van der Waals surface area contributed by atoms with Crippen LogP contribution in [0.4, 0.5) is 0 Å². The van der Waals surface area contributed by atoms with E-state index >= 15 is 0 Å². The lowest BCUT2D eigenvalue weighted by Crippen LogP contribution is -2.16. The molecule has 1 unspecified atom stereocenters. The van der Waals surface area contributed by atoms with Crippen LogP contribution in [-0.2, 0) is 16.0 Å². The van der Waals surface area contributed by atoms with Crippen molar-refractivity contribution in [2.75, 3.05) is 0 Å². The molecule has 3 heteroatoms. The van der Waals surface area contributed by atoms with Gasteiger partial charge in [-0.1, -0.05) is 30.3 Å². The molecule has 0 aliphatic rings. The monoisotopic (exact) mass is 232 g/mol. The van der Waals surface area contributed by atoms with Gasteiger partial charge in [0.15, 0.2) is 0 Å². The van der Waals surface area contributed by atoms with Gasteiger partial charge < -0.3 is 4.74 Å². The zero-order valence-corrected chi connectivity index (χ0v) is 10.1. The Morgan fingerprint density at radius 2 is 2.12 bits per heavy atom. The van der Waals surface area contributed by atoms with E-state index in [4.69, 9.17) is 4.74 Å². The van der Waals surface area contributed by atoms with Crippen LogP contribution in [0.15, 0.2) is 36.4 Å². The lowest BCUT2D eigenvalue weighted by Gasteiger charge is -2.13. The number of carbonyl (C=O) groups is 2. The summed E-state index contributed by atoms with van der Waals surface area (Å²) < 4.78 is 5.15. The first-order valence-electron chi connectivity index (χ1n) is 5.53. The summed E-state index contributed by atoms with van der Waals surface area (Å²) in [6, 6.07) is 7.29. The van der Waals surface area contributed by atoms with E-state index in [-0.39, 0.29) is 12.1 Å². The average Bonchev–Trinajstić information content (AvgIpc) is 2.29.